The Morgan fingerprint density at radius 3 is 2.52 bits per heavy atom. The molecule has 0 aliphatic carbocycles. The first-order valence-corrected chi connectivity index (χ1v) is 9.31. The van der Waals surface area contributed by atoms with Crippen LogP contribution >= 0.6 is 11.8 Å². The van der Waals surface area contributed by atoms with E-state index in [4.69, 9.17) is 5.84 Å². The number of carbonyl (C=O) groups excluding carboxylic acids is 1. The summed E-state index contributed by atoms with van der Waals surface area (Å²) in [7, 11) is 0. The van der Waals surface area contributed by atoms with Crippen LogP contribution in [0.2, 0.25) is 0 Å². The second kappa shape index (κ2) is 7.79. The molecule has 0 fully saturated rings. The van der Waals surface area contributed by atoms with Gasteiger partial charge in [-0.3, -0.25) is 4.79 Å². The highest BCUT2D eigenvalue weighted by molar-refractivity contribution is 7.99. The maximum atomic E-state index is 13.9. The summed E-state index contributed by atoms with van der Waals surface area (Å²) in [6, 6.07) is 10.2. The number of nitrogen functional groups attached to an aromatic ring is 1. The summed E-state index contributed by atoms with van der Waals surface area (Å²) in [4.78, 5) is 12.3. The quantitative estimate of drug-likeness (QED) is 0.519. The van der Waals surface area contributed by atoms with Crippen molar-refractivity contribution < 1.29 is 9.18 Å². The lowest BCUT2D eigenvalue weighted by Gasteiger charge is -2.12. The van der Waals surface area contributed by atoms with Gasteiger partial charge in [0, 0.05) is 5.69 Å². The zero-order valence-corrected chi connectivity index (χ0v) is 16.1. The lowest BCUT2D eigenvalue weighted by Crippen LogP contribution is -2.17. The minimum atomic E-state index is -0.434. The number of benzene rings is 2. The van der Waals surface area contributed by atoms with Crippen molar-refractivity contribution in [3.63, 3.8) is 0 Å². The number of amides is 1. The van der Waals surface area contributed by atoms with Crippen molar-refractivity contribution in [1.29, 1.82) is 0 Å². The zero-order valence-electron chi connectivity index (χ0n) is 15.3. The number of thioether (sulfide) groups is 1. The fourth-order valence-corrected chi connectivity index (χ4v) is 3.54. The van der Waals surface area contributed by atoms with Gasteiger partial charge in [0.25, 0.3) is 0 Å². The van der Waals surface area contributed by atoms with Crippen molar-refractivity contribution in [3.05, 3.63) is 58.9 Å². The number of anilines is 1. The van der Waals surface area contributed by atoms with Gasteiger partial charge in [0.1, 0.15) is 5.82 Å². The number of hydrogen-bond acceptors (Lipinski definition) is 5. The Kier molecular flexibility index (Phi) is 5.46. The molecule has 140 valence electrons. The number of nitrogens with one attached hydrogen (secondary N) is 1. The zero-order chi connectivity index (χ0) is 19.6. The van der Waals surface area contributed by atoms with Gasteiger partial charge in [0.05, 0.1) is 11.3 Å². The average molecular weight is 385 g/mol. The molecule has 0 saturated carbocycles. The smallest absolute Gasteiger partial charge is 0.234 e. The van der Waals surface area contributed by atoms with Gasteiger partial charge in [-0.15, -0.1) is 10.2 Å². The van der Waals surface area contributed by atoms with E-state index >= 15 is 0 Å². The molecular weight excluding hydrogens is 365 g/mol. The molecule has 2 aromatic carbocycles. The normalized spacial score (nSPS) is 10.8. The average Bonchev–Trinajstić information content (AvgIpc) is 2.97. The third-order valence-corrected chi connectivity index (χ3v) is 5.00. The number of aryl methyl sites for hydroxylation is 3. The van der Waals surface area contributed by atoms with Gasteiger partial charge in [0.15, 0.2) is 5.82 Å². The number of rotatable bonds is 5. The fraction of sp³-hybridized carbons (Fsp3) is 0.211. The molecule has 3 rings (SSSR count). The topological polar surface area (TPSA) is 85.8 Å². The van der Waals surface area contributed by atoms with Crippen LogP contribution < -0.4 is 11.2 Å². The number of hydrogen-bond donors (Lipinski definition) is 2. The lowest BCUT2D eigenvalue weighted by atomic mass is 10.1. The summed E-state index contributed by atoms with van der Waals surface area (Å²) in [5.74, 6) is 5.69. The Balaban J connectivity index is 1.69. The van der Waals surface area contributed by atoms with E-state index in [0.29, 0.717) is 5.16 Å². The van der Waals surface area contributed by atoms with Gasteiger partial charge in [-0.1, -0.05) is 41.6 Å². The van der Waals surface area contributed by atoms with Crippen molar-refractivity contribution in [2.45, 2.75) is 25.9 Å². The monoisotopic (exact) mass is 385 g/mol. The molecule has 27 heavy (non-hydrogen) atoms. The molecule has 1 aromatic heterocycles. The van der Waals surface area contributed by atoms with E-state index in [9.17, 15) is 9.18 Å². The van der Waals surface area contributed by atoms with Crippen LogP contribution in [0.3, 0.4) is 0 Å². The molecule has 6 nitrogen and oxygen atoms in total. The SMILES string of the molecule is Cc1cc(C)c(NC(=O)CSc2nnc(-c3ccccc3F)n2N)c(C)c1. The Hall–Kier alpha value is -2.87. The third kappa shape index (κ3) is 4.11. The lowest BCUT2D eigenvalue weighted by molar-refractivity contribution is -0.113. The van der Waals surface area contributed by atoms with Crippen molar-refractivity contribution >= 4 is 23.4 Å². The summed E-state index contributed by atoms with van der Waals surface area (Å²) in [6.45, 7) is 5.93. The summed E-state index contributed by atoms with van der Waals surface area (Å²) in [6.07, 6.45) is 0. The summed E-state index contributed by atoms with van der Waals surface area (Å²) in [5.41, 5.74) is 4.24. The van der Waals surface area contributed by atoms with Crippen LogP contribution in [0, 0.1) is 26.6 Å². The van der Waals surface area contributed by atoms with Gasteiger partial charge >= 0.3 is 0 Å². The predicted molar refractivity (Wildman–Crippen MR) is 106 cm³/mol. The Morgan fingerprint density at radius 2 is 1.85 bits per heavy atom. The van der Waals surface area contributed by atoms with Gasteiger partial charge in [-0.25, -0.2) is 9.07 Å². The fourth-order valence-electron chi connectivity index (χ4n) is 2.88. The van der Waals surface area contributed by atoms with Gasteiger partial charge < -0.3 is 11.2 Å². The standard InChI is InChI=1S/C19H20FN5OS/c1-11-8-12(2)17(13(3)9-11)22-16(26)10-27-19-24-23-18(25(19)21)14-6-4-5-7-15(14)20/h4-9H,10,21H2,1-3H3,(H,22,26). The molecular formula is C19H20FN5OS. The Morgan fingerprint density at radius 1 is 1.19 bits per heavy atom. The van der Waals surface area contributed by atoms with Crippen molar-refractivity contribution in [2.24, 2.45) is 0 Å². The maximum absolute atomic E-state index is 13.9. The first-order valence-electron chi connectivity index (χ1n) is 8.32. The van der Waals surface area contributed by atoms with Gasteiger partial charge in [0.2, 0.25) is 11.1 Å². The second-order valence-electron chi connectivity index (χ2n) is 6.27. The van der Waals surface area contributed by atoms with Crippen molar-refractivity contribution in [2.75, 3.05) is 16.9 Å². The van der Waals surface area contributed by atoms with Crippen LogP contribution in [0.4, 0.5) is 10.1 Å². The van der Waals surface area contributed by atoms with E-state index in [1.165, 1.54) is 10.7 Å². The number of halogens is 1. The summed E-state index contributed by atoms with van der Waals surface area (Å²) >= 11 is 1.14. The van der Waals surface area contributed by atoms with Crippen LogP contribution in [-0.2, 0) is 4.79 Å². The van der Waals surface area contributed by atoms with E-state index in [-0.39, 0.29) is 23.0 Å². The first kappa shape index (κ1) is 18.9. The Bertz CT molecular complexity index is 979. The summed E-state index contributed by atoms with van der Waals surface area (Å²) in [5, 5.41) is 11.2. The first-order chi connectivity index (χ1) is 12.9. The predicted octanol–water partition coefficient (Wildman–Crippen LogP) is 3.45. The molecule has 0 saturated heterocycles. The molecule has 3 N–H and O–H groups in total. The Labute approximate surface area is 161 Å². The molecule has 8 heteroatoms. The largest absolute Gasteiger partial charge is 0.335 e. The molecule has 3 aromatic rings. The van der Waals surface area contributed by atoms with Gasteiger partial charge in [-0.2, -0.15) is 0 Å². The third-order valence-electron chi connectivity index (χ3n) is 4.05. The molecule has 0 bridgehead atoms. The van der Waals surface area contributed by atoms with E-state index in [0.717, 1.165) is 34.1 Å². The van der Waals surface area contributed by atoms with E-state index in [1.54, 1.807) is 18.2 Å². The van der Waals surface area contributed by atoms with E-state index < -0.39 is 5.82 Å². The minimum Gasteiger partial charge on any atom is -0.335 e. The second-order valence-corrected chi connectivity index (χ2v) is 7.21. The molecule has 0 aliphatic rings. The minimum absolute atomic E-state index is 0.110. The van der Waals surface area contributed by atoms with Crippen LogP contribution in [0.1, 0.15) is 16.7 Å². The van der Waals surface area contributed by atoms with Crippen LogP contribution in [-0.4, -0.2) is 26.5 Å². The van der Waals surface area contributed by atoms with Crippen molar-refractivity contribution in [1.82, 2.24) is 14.9 Å². The van der Waals surface area contributed by atoms with Crippen molar-refractivity contribution in [3.8, 4) is 11.4 Å². The van der Waals surface area contributed by atoms with Crippen LogP contribution in [0.25, 0.3) is 11.4 Å². The molecule has 0 spiro atoms. The molecule has 0 unspecified atom stereocenters. The molecule has 0 aliphatic heterocycles. The number of aromatic nitrogens is 3. The molecule has 1 heterocycles. The molecule has 0 atom stereocenters. The van der Waals surface area contributed by atoms with Gasteiger partial charge in [-0.05, 0) is 44.0 Å². The highest BCUT2D eigenvalue weighted by Crippen LogP contribution is 2.25. The highest BCUT2D eigenvalue weighted by atomic mass is 32.2. The molecule has 0 radical (unpaired) electrons. The van der Waals surface area contributed by atoms with Crippen LogP contribution in [0.15, 0.2) is 41.6 Å². The number of nitrogens with zero attached hydrogens (tertiary/aromatic N) is 3. The molecule has 1 amide bonds. The summed E-state index contributed by atoms with van der Waals surface area (Å²) < 4.78 is 15.1. The highest BCUT2D eigenvalue weighted by Gasteiger charge is 2.16. The maximum Gasteiger partial charge on any atom is 0.234 e. The van der Waals surface area contributed by atoms with E-state index in [1.807, 2.05) is 32.9 Å². The number of nitrogens with two attached hydrogens (primary N) is 1. The van der Waals surface area contributed by atoms with E-state index in [2.05, 4.69) is 15.5 Å². The van der Waals surface area contributed by atoms with Crippen LogP contribution in [0.5, 0.6) is 0 Å². The number of carbonyl (C=O) groups is 1.